The van der Waals surface area contributed by atoms with Gasteiger partial charge in [-0.25, -0.2) is 0 Å². The lowest BCUT2D eigenvalue weighted by Crippen LogP contribution is -2.40. The van der Waals surface area contributed by atoms with Crippen molar-refractivity contribution in [1.29, 1.82) is 0 Å². The molecule has 2 heterocycles. The Morgan fingerprint density at radius 2 is 1.93 bits per heavy atom. The van der Waals surface area contributed by atoms with Gasteiger partial charge in [-0.1, -0.05) is 30.3 Å². The van der Waals surface area contributed by atoms with Crippen molar-refractivity contribution in [2.24, 2.45) is 11.8 Å². The van der Waals surface area contributed by atoms with Crippen molar-refractivity contribution in [2.45, 2.75) is 32.2 Å². The van der Waals surface area contributed by atoms with Crippen LogP contribution < -0.4 is 0 Å². The highest BCUT2D eigenvalue weighted by atomic mass is 16.2. The molecule has 4 rings (SSSR count). The van der Waals surface area contributed by atoms with Crippen LogP contribution in [0.15, 0.2) is 30.3 Å². The van der Waals surface area contributed by atoms with Crippen LogP contribution in [0.3, 0.4) is 0 Å². The van der Waals surface area contributed by atoms with Gasteiger partial charge < -0.3 is 9.80 Å². The third kappa shape index (κ3) is 3.13. The van der Waals surface area contributed by atoms with Crippen LogP contribution in [-0.2, 0) is 4.79 Å². The Hall–Kier alpha value is -2.63. The molecular weight excluding hydrogens is 340 g/mol. The summed E-state index contributed by atoms with van der Waals surface area (Å²) in [5.74, 6) is 1.10. The highest BCUT2D eigenvalue weighted by Gasteiger charge is 2.42. The van der Waals surface area contributed by atoms with Crippen LogP contribution in [-0.4, -0.2) is 58.5 Å². The van der Waals surface area contributed by atoms with Crippen molar-refractivity contribution < 1.29 is 9.59 Å². The Balaban J connectivity index is 1.51. The summed E-state index contributed by atoms with van der Waals surface area (Å²) in [7, 11) is 3.75. The molecule has 1 saturated heterocycles. The average Bonchev–Trinajstić information content (AvgIpc) is 3.25. The Labute approximate surface area is 159 Å². The first kappa shape index (κ1) is 17.8. The molecule has 6 nitrogen and oxygen atoms in total. The van der Waals surface area contributed by atoms with Crippen molar-refractivity contribution in [2.75, 3.05) is 20.6 Å². The molecule has 2 amide bonds. The number of nitrogens with zero attached hydrogens (tertiary/aromatic N) is 3. The molecular formula is C21H26N4O2. The number of aromatic nitrogens is 2. The minimum Gasteiger partial charge on any atom is -0.345 e. The fourth-order valence-electron chi connectivity index (χ4n) is 4.63. The van der Waals surface area contributed by atoms with Crippen molar-refractivity contribution in [1.82, 2.24) is 20.0 Å². The minimum absolute atomic E-state index is 0.0227. The number of amides is 2. The van der Waals surface area contributed by atoms with Gasteiger partial charge in [-0.05, 0) is 31.6 Å². The molecule has 1 aliphatic carbocycles. The third-order valence-corrected chi connectivity index (χ3v) is 6.33. The second kappa shape index (κ2) is 6.83. The van der Waals surface area contributed by atoms with Gasteiger partial charge >= 0.3 is 0 Å². The zero-order valence-corrected chi connectivity index (χ0v) is 16.1. The van der Waals surface area contributed by atoms with Crippen LogP contribution in [0.25, 0.3) is 11.3 Å². The van der Waals surface area contributed by atoms with E-state index in [9.17, 15) is 9.59 Å². The third-order valence-electron chi connectivity index (χ3n) is 6.33. The molecule has 142 valence electrons. The molecule has 6 heteroatoms. The monoisotopic (exact) mass is 366 g/mol. The number of aromatic amines is 1. The van der Waals surface area contributed by atoms with Gasteiger partial charge in [0, 0.05) is 44.2 Å². The summed E-state index contributed by atoms with van der Waals surface area (Å²) in [6.07, 6.45) is 2.48. The van der Waals surface area contributed by atoms with Crippen molar-refractivity contribution in [3.8, 4) is 11.3 Å². The largest absolute Gasteiger partial charge is 0.345 e. The van der Waals surface area contributed by atoms with Gasteiger partial charge in [-0.15, -0.1) is 0 Å². The summed E-state index contributed by atoms with van der Waals surface area (Å²) < 4.78 is 0. The lowest BCUT2D eigenvalue weighted by Gasteiger charge is -2.31. The van der Waals surface area contributed by atoms with E-state index >= 15 is 0 Å². The van der Waals surface area contributed by atoms with Crippen LogP contribution >= 0.6 is 0 Å². The highest BCUT2D eigenvalue weighted by Crippen LogP contribution is 2.40. The number of nitrogens with one attached hydrogen (secondary N) is 1. The van der Waals surface area contributed by atoms with Crippen molar-refractivity contribution >= 4 is 11.8 Å². The van der Waals surface area contributed by atoms with Crippen LogP contribution in [0.2, 0.25) is 0 Å². The molecule has 2 aromatic rings. The van der Waals surface area contributed by atoms with Crippen molar-refractivity contribution in [3.63, 3.8) is 0 Å². The van der Waals surface area contributed by atoms with Crippen LogP contribution in [0.1, 0.15) is 35.3 Å². The Morgan fingerprint density at radius 3 is 2.67 bits per heavy atom. The number of rotatable bonds is 3. The standard InChI is InChI=1S/C21H26N4O2/c1-13-19(14-7-5-4-6-8-14)22-23-20(13)21(27)25(3)17-9-15-11-18(26)24(2)12-16(15)10-17/h4-8,15-17H,9-12H2,1-3H3,(H,22,23)/t15-,16+,17-/m1/s1. The fraction of sp³-hybridized carbons (Fsp3) is 0.476. The molecule has 0 spiro atoms. The first-order valence-corrected chi connectivity index (χ1v) is 9.57. The fourth-order valence-corrected chi connectivity index (χ4v) is 4.63. The number of carbonyl (C=O) groups excluding carboxylic acids is 2. The molecule has 0 radical (unpaired) electrons. The van der Waals surface area contributed by atoms with Gasteiger partial charge in [0.1, 0.15) is 5.69 Å². The zero-order chi connectivity index (χ0) is 19.1. The van der Waals surface area contributed by atoms with Crippen molar-refractivity contribution in [3.05, 3.63) is 41.6 Å². The maximum Gasteiger partial charge on any atom is 0.272 e. The molecule has 1 aliphatic heterocycles. The average molecular weight is 366 g/mol. The smallest absolute Gasteiger partial charge is 0.272 e. The van der Waals surface area contributed by atoms with E-state index in [1.54, 1.807) is 0 Å². The molecule has 3 atom stereocenters. The molecule has 1 N–H and O–H groups in total. The first-order valence-electron chi connectivity index (χ1n) is 9.57. The summed E-state index contributed by atoms with van der Waals surface area (Å²) >= 11 is 0. The number of fused-ring (bicyclic) bond motifs is 1. The van der Waals surface area contributed by atoms with Gasteiger partial charge in [-0.3, -0.25) is 14.7 Å². The van der Waals surface area contributed by atoms with E-state index < -0.39 is 0 Å². The zero-order valence-electron chi connectivity index (χ0n) is 16.1. The van der Waals surface area contributed by atoms with Crippen LogP contribution in [0.5, 0.6) is 0 Å². The van der Waals surface area contributed by atoms with Gasteiger partial charge in [-0.2, -0.15) is 5.10 Å². The van der Waals surface area contributed by atoms with E-state index in [4.69, 9.17) is 0 Å². The molecule has 0 bridgehead atoms. The predicted molar refractivity (Wildman–Crippen MR) is 103 cm³/mol. The number of piperidine rings is 1. The summed E-state index contributed by atoms with van der Waals surface area (Å²) in [5, 5.41) is 7.33. The number of likely N-dealkylation sites (tertiary alicyclic amines) is 1. The van der Waals surface area contributed by atoms with Crippen LogP contribution in [0.4, 0.5) is 0 Å². The summed E-state index contributed by atoms with van der Waals surface area (Å²) in [6.45, 7) is 2.75. The molecule has 0 unspecified atom stereocenters. The Kier molecular flexibility index (Phi) is 4.50. The van der Waals surface area contributed by atoms with E-state index in [0.717, 1.165) is 36.2 Å². The second-order valence-electron chi connectivity index (χ2n) is 7.98. The number of hydrogen-bond acceptors (Lipinski definition) is 3. The van der Waals surface area contributed by atoms with Gasteiger partial charge in [0.25, 0.3) is 5.91 Å². The van der Waals surface area contributed by atoms with E-state index in [2.05, 4.69) is 10.2 Å². The van der Waals surface area contributed by atoms with Gasteiger partial charge in [0.15, 0.2) is 0 Å². The lowest BCUT2D eigenvalue weighted by atomic mass is 9.88. The maximum absolute atomic E-state index is 13.1. The molecule has 1 aromatic heterocycles. The molecule has 2 aliphatic rings. The van der Waals surface area contributed by atoms with Gasteiger partial charge in [0.2, 0.25) is 5.91 Å². The van der Waals surface area contributed by atoms with E-state index in [-0.39, 0.29) is 17.9 Å². The topological polar surface area (TPSA) is 69.3 Å². The number of carbonyl (C=O) groups is 2. The lowest BCUT2D eigenvalue weighted by molar-refractivity contribution is -0.134. The molecule has 1 aromatic carbocycles. The Bertz CT molecular complexity index is 860. The summed E-state index contributed by atoms with van der Waals surface area (Å²) in [5.41, 5.74) is 3.25. The first-order chi connectivity index (χ1) is 13.0. The SMILES string of the molecule is Cc1c(-c2ccccc2)n[nH]c1C(=O)N(C)[C@@H]1C[C@@H]2CC(=O)N(C)C[C@@H]2C1. The Morgan fingerprint density at radius 1 is 1.22 bits per heavy atom. The molecule has 27 heavy (non-hydrogen) atoms. The normalized spacial score (nSPS) is 24.8. The molecule has 1 saturated carbocycles. The van der Waals surface area contributed by atoms with E-state index in [0.29, 0.717) is 24.0 Å². The van der Waals surface area contributed by atoms with E-state index in [1.807, 2.05) is 61.2 Å². The maximum atomic E-state index is 13.1. The van der Waals surface area contributed by atoms with Gasteiger partial charge in [0.05, 0.1) is 5.69 Å². The highest BCUT2D eigenvalue weighted by molar-refractivity contribution is 5.95. The quantitative estimate of drug-likeness (QED) is 0.908. The summed E-state index contributed by atoms with van der Waals surface area (Å²) in [6, 6.07) is 10.1. The summed E-state index contributed by atoms with van der Waals surface area (Å²) in [4.78, 5) is 28.8. The van der Waals surface area contributed by atoms with E-state index in [1.165, 1.54) is 0 Å². The van der Waals surface area contributed by atoms with Crippen LogP contribution in [0, 0.1) is 18.8 Å². The minimum atomic E-state index is -0.0227. The number of benzene rings is 1. The molecule has 2 fully saturated rings. The number of hydrogen-bond donors (Lipinski definition) is 1. The second-order valence-corrected chi connectivity index (χ2v) is 7.98. The predicted octanol–water partition coefficient (Wildman–Crippen LogP) is 2.71. The number of H-pyrrole nitrogens is 1.